The highest BCUT2D eigenvalue weighted by Gasteiger charge is 2.35. The van der Waals surface area contributed by atoms with Crippen LogP contribution < -0.4 is 0 Å². The zero-order chi connectivity index (χ0) is 35.5. The van der Waals surface area contributed by atoms with Gasteiger partial charge in [-0.3, -0.25) is 9.59 Å². The highest BCUT2D eigenvalue weighted by Crippen LogP contribution is 2.29. The number of epoxide rings is 1. The number of esters is 2. The molecule has 0 aromatic carbocycles. The number of aliphatic hydroxyl groups excluding tert-OH is 1. The van der Waals surface area contributed by atoms with Crippen LogP contribution in [0.15, 0.2) is 36.5 Å². The van der Waals surface area contributed by atoms with Crippen LogP contribution in [0, 0.1) is 0 Å². The van der Waals surface area contributed by atoms with E-state index in [4.69, 9.17) is 14.2 Å². The first-order valence-corrected chi connectivity index (χ1v) is 20.7. The van der Waals surface area contributed by atoms with Gasteiger partial charge in [-0.1, -0.05) is 166 Å². The summed E-state index contributed by atoms with van der Waals surface area (Å²) in [6.45, 7) is 4.06. The van der Waals surface area contributed by atoms with Gasteiger partial charge in [0.05, 0.1) is 18.8 Å². The summed E-state index contributed by atoms with van der Waals surface area (Å²) in [6.07, 6.45) is 45.3. The Labute approximate surface area is 301 Å². The second-order valence-electron chi connectivity index (χ2n) is 14.1. The molecule has 6 heteroatoms. The van der Waals surface area contributed by atoms with Crippen molar-refractivity contribution in [3.63, 3.8) is 0 Å². The fraction of sp³-hybridized carbons (Fsp3) is 0.814. The van der Waals surface area contributed by atoms with E-state index in [1.807, 2.05) is 0 Å². The molecule has 1 aliphatic rings. The van der Waals surface area contributed by atoms with Gasteiger partial charge in [-0.25, -0.2) is 0 Å². The van der Waals surface area contributed by atoms with E-state index in [1.54, 1.807) is 0 Å². The Bertz CT molecular complexity index is 849. The minimum absolute atomic E-state index is 0.0886. The first-order chi connectivity index (χ1) is 24.1. The van der Waals surface area contributed by atoms with E-state index in [1.165, 1.54) is 116 Å². The molecule has 49 heavy (non-hydrogen) atoms. The molecule has 1 aliphatic heterocycles. The molecule has 1 N–H and O–H groups in total. The zero-order valence-electron chi connectivity index (χ0n) is 31.9. The number of ether oxygens (including phenoxy) is 3. The van der Waals surface area contributed by atoms with Crippen LogP contribution >= 0.6 is 0 Å². The molecule has 0 saturated carbocycles. The van der Waals surface area contributed by atoms with Gasteiger partial charge in [0.1, 0.15) is 6.61 Å². The molecule has 284 valence electrons. The van der Waals surface area contributed by atoms with Gasteiger partial charge in [0.2, 0.25) is 0 Å². The van der Waals surface area contributed by atoms with E-state index in [-0.39, 0.29) is 31.6 Å². The average molecular weight is 689 g/mol. The van der Waals surface area contributed by atoms with Crippen molar-refractivity contribution < 1.29 is 28.9 Å². The topological polar surface area (TPSA) is 85.4 Å². The van der Waals surface area contributed by atoms with Crippen LogP contribution in [-0.2, 0) is 23.8 Å². The van der Waals surface area contributed by atoms with E-state index in [2.05, 4.69) is 50.3 Å². The number of carbonyl (C=O) groups is 2. The smallest absolute Gasteiger partial charge is 0.306 e. The molecule has 2 unspecified atom stereocenters. The lowest BCUT2D eigenvalue weighted by Gasteiger charge is -2.15. The molecule has 0 bridgehead atoms. The van der Waals surface area contributed by atoms with E-state index in [0.717, 1.165) is 44.9 Å². The molecule has 1 fully saturated rings. The van der Waals surface area contributed by atoms with Crippen molar-refractivity contribution in [2.24, 2.45) is 0 Å². The molecule has 0 aliphatic carbocycles. The summed E-state index contributed by atoms with van der Waals surface area (Å²) in [5, 5.41) is 9.56. The molecule has 0 aromatic rings. The van der Waals surface area contributed by atoms with Crippen molar-refractivity contribution in [1.82, 2.24) is 0 Å². The summed E-state index contributed by atoms with van der Waals surface area (Å²) in [5.41, 5.74) is 0. The number of hydrogen-bond acceptors (Lipinski definition) is 6. The monoisotopic (exact) mass is 689 g/mol. The third-order valence-corrected chi connectivity index (χ3v) is 9.34. The third kappa shape index (κ3) is 30.6. The van der Waals surface area contributed by atoms with Crippen LogP contribution in [-0.4, -0.2) is 48.6 Å². The quantitative estimate of drug-likeness (QED) is 0.0305. The standard InChI is InChI=1S/C43H76O6/c1-3-5-7-9-11-12-13-14-15-16-17-18-19-20-23-27-31-35-42(45)47-38-39(37-44)48-43(46)36-32-28-24-21-22-26-30-34-41-40(49-41)33-29-25-10-8-6-4-2/h21,24-26,29-30,39-41,44H,3-20,22-23,27-28,31-38H2,1-2H3/b24-21-,29-25-,30-26-/t39-,40?,41?/m0/s1. The highest BCUT2D eigenvalue weighted by molar-refractivity contribution is 5.70. The number of aliphatic hydroxyl groups is 1. The van der Waals surface area contributed by atoms with Crippen LogP contribution in [0.4, 0.5) is 0 Å². The largest absolute Gasteiger partial charge is 0.462 e. The maximum Gasteiger partial charge on any atom is 0.306 e. The molecular weight excluding hydrogens is 612 g/mol. The predicted octanol–water partition coefficient (Wildman–Crippen LogP) is 11.8. The fourth-order valence-electron chi connectivity index (χ4n) is 6.06. The normalized spacial score (nSPS) is 16.6. The Hall–Kier alpha value is -1.92. The van der Waals surface area contributed by atoms with Crippen molar-refractivity contribution >= 4 is 11.9 Å². The number of carbonyl (C=O) groups excluding carboxylic acids is 2. The molecule has 0 radical (unpaired) electrons. The van der Waals surface area contributed by atoms with Crippen molar-refractivity contribution in [3.05, 3.63) is 36.5 Å². The SMILES string of the molecule is CCCCC/C=C\CC1OC1C/C=C\C/C=C\CCCC(=O)O[C@@H](CO)COC(=O)CCCCCCCCCCCCCCCCCCC. The Kier molecular flexibility index (Phi) is 31.8. The molecule has 1 saturated heterocycles. The molecule has 0 spiro atoms. The lowest BCUT2D eigenvalue weighted by Crippen LogP contribution is -2.28. The zero-order valence-corrected chi connectivity index (χ0v) is 31.9. The molecule has 3 atom stereocenters. The van der Waals surface area contributed by atoms with Crippen LogP contribution in [0.5, 0.6) is 0 Å². The lowest BCUT2D eigenvalue weighted by atomic mass is 10.0. The van der Waals surface area contributed by atoms with Gasteiger partial charge in [-0.05, 0) is 51.4 Å². The van der Waals surface area contributed by atoms with E-state index >= 15 is 0 Å². The van der Waals surface area contributed by atoms with Crippen LogP contribution in [0.1, 0.15) is 194 Å². The van der Waals surface area contributed by atoms with Crippen LogP contribution in [0.3, 0.4) is 0 Å². The molecule has 1 heterocycles. The second-order valence-corrected chi connectivity index (χ2v) is 14.1. The van der Waals surface area contributed by atoms with Gasteiger partial charge in [-0.15, -0.1) is 0 Å². The van der Waals surface area contributed by atoms with Gasteiger partial charge < -0.3 is 19.3 Å². The van der Waals surface area contributed by atoms with Crippen LogP contribution in [0.2, 0.25) is 0 Å². The predicted molar refractivity (Wildman–Crippen MR) is 205 cm³/mol. The van der Waals surface area contributed by atoms with Gasteiger partial charge >= 0.3 is 11.9 Å². The van der Waals surface area contributed by atoms with Crippen molar-refractivity contribution in [1.29, 1.82) is 0 Å². The second kappa shape index (κ2) is 34.5. The number of hydrogen-bond donors (Lipinski definition) is 1. The summed E-state index contributed by atoms with van der Waals surface area (Å²) in [5.74, 6) is -0.657. The Morgan fingerprint density at radius 3 is 1.59 bits per heavy atom. The van der Waals surface area contributed by atoms with Gasteiger partial charge in [0.15, 0.2) is 6.10 Å². The third-order valence-electron chi connectivity index (χ3n) is 9.34. The first-order valence-electron chi connectivity index (χ1n) is 20.7. The first kappa shape index (κ1) is 45.1. The van der Waals surface area contributed by atoms with Crippen molar-refractivity contribution in [2.75, 3.05) is 13.2 Å². The van der Waals surface area contributed by atoms with Gasteiger partial charge in [0, 0.05) is 12.8 Å². The lowest BCUT2D eigenvalue weighted by molar-refractivity contribution is -0.161. The van der Waals surface area contributed by atoms with Crippen molar-refractivity contribution in [3.8, 4) is 0 Å². The van der Waals surface area contributed by atoms with Gasteiger partial charge in [0.25, 0.3) is 0 Å². The Balaban J connectivity index is 1.90. The summed E-state index contributed by atoms with van der Waals surface area (Å²) in [7, 11) is 0. The number of unbranched alkanes of at least 4 members (excludes halogenated alkanes) is 20. The Morgan fingerprint density at radius 1 is 0.571 bits per heavy atom. The summed E-state index contributed by atoms with van der Waals surface area (Å²) in [4.78, 5) is 24.3. The maximum atomic E-state index is 12.2. The van der Waals surface area contributed by atoms with E-state index in [9.17, 15) is 14.7 Å². The molecule has 1 rings (SSSR count). The molecular formula is C43H76O6. The maximum absolute atomic E-state index is 12.2. The molecule has 0 amide bonds. The minimum Gasteiger partial charge on any atom is -0.462 e. The molecule has 0 aromatic heterocycles. The summed E-state index contributed by atoms with van der Waals surface area (Å²) in [6, 6.07) is 0. The van der Waals surface area contributed by atoms with E-state index < -0.39 is 6.10 Å². The highest BCUT2D eigenvalue weighted by atomic mass is 16.6. The van der Waals surface area contributed by atoms with E-state index in [0.29, 0.717) is 25.0 Å². The minimum atomic E-state index is -0.801. The number of allylic oxidation sites excluding steroid dienone is 4. The Morgan fingerprint density at radius 2 is 1.02 bits per heavy atom. The number of rotatable bonds is 36. The average Bonchev–Trinajstić information content (AvgIpc) is 3.86. The molecule has 6 nitrogen and oxygen atoms in total. The van der Waals surface area contributed by atoms with Crippen LogP contribution in [0.25, 0.3) is 0 Å². The van der Waals surface area contributed by atoms with Crippen molar-refractivity contribution in [2.45, 2.75) is 212 Å². The summed E-state index contributed by atoms with van der Waals surface area (Å²) >= 11 is 0. The van der Waals surface area contributed by atoms with Gasteiger partial charge in [-0.2, -0.15) is 0 Å². The fourth-order valence-corrected chi connectivity index (χ4v) is 6.06. The summed E-state index contributed by atoms with van der Waals surface area (Å²) < 4.78 is 16.3.